The van der Waals surface area contributed by atoms with Gasteiger partial charge in [0.1, 0.15) is 11.5 Å². The minimum Gasteiger partial charge on any atom is -0.457 e. The smallest absolute Gasteiger partial charge is 0.340 e. The van der Waals surface area contributed by atoms with E-state index in [1.165, 1.54) is 12.6 Å². The van der Waals surface area contributed by atoms with Crippen molar-refractivity contribution in [3.05, 3.63) is 60.2 Å². The van der Waals surface area contributed by atoms with E-state index in [9.17, 15) is 10.0 Å². The third kappa shape index (κ3) is 3.81. The average Bonchev–Trinajstić information content (AvgIpc) is 3.34. The molecular weight excluding hydrogens is 292 g/mol. The van der Waals surface area contributed by atoms with Gasteiger partial charge in [0.25, 0.3) is 0 Å². The van der Waals surface area contributed by atoms with E-state index in [4.69, 9.17) is 4.74 Å². The highest BCUT2D eigenvalue weighted by molar-refractivity contribution is 5.72. The van der Waals surface area contributed by atoms with Crippen molar-refractivity contribution >= 4 is 6.03 Å². The number of hydrogen-bond acceptors (Lipinski definition) is 3. The average molecular weight is 312 g/mol. The first-order valence-corrected chi connectivity index (χ1v) is 7.68. The fourth-order valence-corrected chi connectivity index (χ4v) is 2.73. The lowest BCUT2D eigenvalue weighted by Crippen LogP contribution is -2.36. The molecule has 2 atom stereocenters. The molecule has 0 spiro atoms. The second-order valence-electron chi connectivity index (χ2n) is 5.73. The minimum absolute atomic E-state index is 0.282. The SMILES string of the molecule is CNC(=O)N(O)CC1CC1c1cccc(Oc2ccccc2)c1. The largest absolute Gasteiger partial charge is 0.457 e. The monoisotopic (exact) mass is 312 g/mol. The van der Waals surface area contributed by atoms with Crippen LogP contribution in [0.5, 0.6) is 11.5 Å². The van der Waals surface area contributed by atoms with E-state index in [2.05, 4.69) is 11.4 Å². The molecule has 3 rings (SSSR count). The Morgan fingerprint density at radius 3 is 2.70 bits per heavy atom. The third-order valence-corrected chi connectivity index (χ3v) is 4.04. The van der Waals surface area contributed by atoms with Gasteiger partial charge in [-0.2, -0.15) is 0 Å². The number of hydroxylamine groups is 2. The Bertz CT molecular complexity index is 675. The van der Waals surface area contributed by atoms with Gasteiger partial charge in [0.05, 0.1) is 6.54 Å². The molecule has 2 aromatic carbocycles. The predicted octanol–water partition coefficient (Wildman–Crippen LogP) is 3.61. The fraction of sp³-hybridized carbons (Fsp3) is 0.278. The Morgan fingerprint density at radius 2 is 1.96 bits per heavy atom. The lowest BCUT2D eigenvalue weighted by Gasteiger charge is -2.14. The number of nitrogens with zero attached hydrogens (tertiary/aromatic N) is 1. The van der Waals surface area contributed by atoms with Gasteiger partial charge < -0.3 is 10.1 Å². The van der Waals surface area contributed by atoms with Crippen molar-refractivity contribution in [2.75, 3.05) is 13.6 Å². The molecule has 0 saturated heterocycles. The first kappa shape index (κ1) is 15.4. The Balaban J connectivity index is 1.62. The molecule has 1 aliphatic carbocycles. The van der Waals surface area contributed by atoms with Crippen LogP contribution >= 0.6 is 0 Å². The molecule has 2 amide bonds. The number of urea groups is 1. The summed E-state index contributed by atoms with van der Waals surface area (Å²) in [5.74, 6) is 2.24. The van der Waals surface area contributed by atoms with E-state index in [0.717, 1.165) is 23.0 Å². The van der Waals surface area contributed by atoms with Gasteiger partial charge >= 0.3 is 6.03 Å². The summed E-state index contributed by atoms with van der Waals surface area (Å²) in [5.41, 5.74) is 1.17. The maximum Gasteiger partial charge on any atom is 0.340 e. The summed E-state index contributed by atoms with van der Waals surface area (Å²) < 4.78 is 5.84. The highest BCUT2D eigenvalue weighted by Gasteiger charge is 2.40. The summed E-state index contributed by atoms with van der Waals surface area (Å²) in [6, 6.07) is 17.2. The molecule has 2 unspecified atom stereocenters. The van der Waals surface area contributed by atoms with Crippen LogP contribution in [-0.2, 0) is 0 Å². The van der Waals surface area contributed by atoms with E-state index in [1.807, 2.05) is 48.5 Å². The molecule has 0 radical (unpaired) electrons. The number of rotatable bonds is 5. The summed E-state index contributed by atoms with van der Waals surface area (Å²) in [5, 5.41) is 12.8. The molecule has 0 aromatic heterocycles. The van der Waals surface area contributed by atoms with E-state index in [-0.39, 0.29) is 5.92 Å². The number of amides is 2. The van der Waals surface area contributed by atoms with Crippen molar-refractivity contribution < 1.29 is 14.7 Å². The van der Waals surface area contributed by atoms with E-state index >= 15 is 0 Å². The van der Waals surface area contributed by atoms with Gasteiger partial charge in [-0.05, 0) is 48.1 Å². The Morgan fingerprint density at radius 1 is 1.22 bits per heavy atom. The maximum atomic E-state index is 11.3. The predicted molar refractivity (Wildman–Crippen MR) is 86.8 cm³/mol. The molecule has 5 heteroatoms. The number of ether oxygens (including phenoxy) is 1. The summed E-state index contributed by atoms with van der Waals surface area (Å²) in [6.45, 7) is 0.341. The number of nitrogens with one attached hydrogen (secondary N) is 1. The van der Waals surface area contributed by atoms with Gasteiger partial charge in [-0.25, -0.2) is 9.86 Å². The number of carbonyl (C=O) groups excluding carboxylic acids is 1. The van der Waals surface area contributed by atoms with E-state index in [1.54, 1.807) is 0 Å². The van der Waals surface area contributed by atoms with Gasteiger partial charge in [0.15, 0.2) is 0 Å². The van der Waals surface area contributed by atoms with Crippen LogP contribution < -0.4 is 10.1 Å². The standard InChI is InChI=1S/C18H20N2O3/c1-19-18(21)20(22)12-14-11-17(14)13-6-5-9-16(10-13)23-15-7-3-2-4-8-15/h2-10,14,17,22H,11-12H2,1H3,(H,19,21). The molecule has 2 N–H and O–H groups in total. The number of para-hydroxylation sites is 1. The van der Waals surface area contributed by atoms with Crippen LogP contribution in [0.2, 0.25) is 0 Å². The van der Waals surface area contributed by atoms with Crippen molar-refractivity contribution in [3.63, 3.8) is 0 Å². The van der Waals surface area contributed by atoms with Gasteiger partial charge in [-0.3, -0.25) is 5.21 Å². The lowest BCUT2D eigenvalue weighted by molar-refractivity contribution is -0.0462. The molecule has 1 saturated carbocycles. The van der Waals surface area contributed by atoms with Crippen molar-refractivity contribution in [2.24, 2.45) is 5.92 Å². The van der Waals surface area contributed by atoms with Crippen LogP contribution in [-0.4, -0.2) is 29.9 Å². The van der Waals surface area contributed by atoms with Gasteiger partial charge in [0.2, 0.25) is 0 Å². The highest BCUT2D eigenvalue weighted by Crippen LogP contribution is 2.48. The number of hydrogen-bond donors (Lipinski definition) is 2. The quantitative estimate of drug-likeness (QED) is 0.655. The van der Waals surface area contributed by atoms with Crippen molar-refractivity contribution in [1.29, 1.82) is 0 Å². The van der Waals surface area contributed by atoms with Gasteiger partial charge in [-0.1, -0.05) is 30.3 Å². The first-order valence-electron chi connectivity index (χ1n) is 7.68. The fourth-order valence-electron chi connectivity index (χ4n) is 2.73. The van der Waals surface area contributed by atoms with Crippen LogP contribution in [0.15, 0.2) is 54.6 Å². The lowest BCUT2D eigenvalue weighted by atomic mass is 10.1. The molecule has 1 aliphatic rings. The second-order valence-corrected chi connectivity index (χ2v) is 5.73. The molecule has 120 valence electrons. The van der Waals surface area contributed by atoms with Crippen LogP contribution in [0.4, 0.5) is 4.79 Å². The summed E-state index contributed by atoms with van der Waals surface area (Å²) in [7, 11) is 1.50. The molecular formula is C18H20N2O3. The second kappa shape index (κ2) is 6.71. The Kier molecular flexibility index (Phi) is 4.48. The molecule has 0 bridgehead atoms. The molecule has 1 fully saturated rings. The maximum absolute atomic E-state index is 11.3. The summed E-state index contributed by atoms with van der Waals surface area (Å²) in [4.78, 5) is 11.3. The Hall–Kier alpha value is -2.53. The zero-order valence-corrected chi connectivity index (χ0v) is 13.0. The normalized spacial score (nSPS) is 19.0. The van der Waals surface area contributed by atoms with Crippen molar-refractivity contribution in [1.82, 2.24) is 10.4 Å². The van der Waals surface area contributed by atoms with Gasteiger partial charge in [0, 0.05) is 7.05 Å². The third-order valence-electron chi connectivity index (χ3n) is 4.04. The summed E-state index contributed by atoms with van der Waals surface area (Å²) >= 11 is 0. The van der Waals surface area contributed by atoms with Crippen LogP contribution in [0.1, 0.15) is 17.9 Å². The topological polar surface area (TPSA) is 61.8 Å². The van der Waals surface area contributed by atoms with Crippen LogP contribution in [0.3, 0.4) is 0 Å². The molecule has 0 aliphatic heterocycles. The highest BCUT2D eigenvalue weighted by atomic mass is 16.5. The number of benzene rings is 2. The van der Waals surface area contributed by atoms with E-state index in [0.29, 0.717) is 12.5 Å². The Labute approximate surface area is 135 Å². The zero-order valence-electron chi connectivity index (χ0n) is 13.0. The van der Waals surface area contributed by atoms with E-state index < -0.39 is 6.03 Å². The van der Waals surface area contributed by atoms with Crippen molar-refractivity contribution in [2.45, 2.75) is 12.3 Å². The van der Waals surface area contributed by atoms with Crippen LogP contribution in [0.25, 0.3) is 0 Å². The molecule has 23 heavy (non-hydrogen) atoms. The first-order chi connectivity index (χ1) is 11.2. The van der Waals surface area contributed by atoms with Crippen molar-refractivity contribution in [3.8, 4) is 11.5 Å². The molecule has 0 heterocycles. The summed E-state index contributed by atoms with van der Waals surface area (Å²) in [6.07, 6.45) is 0.961. The molecule has 5 nitrogen and oxygen atoms in total. The minimum atomic E-state index is -0.475. The zero-order chi connectivity index (χ0) is 16.2. The molecule has 2 aromatic rings. The van der Waals surface area contributed by atoms with Gasteiger partial charge in [-0.15, -0.1) is 0 Å². The number of carbonyl (C=O) groups is 1. The van der Waals surface area contributed by atoms with Crippen LogP contribution in [0, 0.1) is 5.92 Å².